The van der Waals surface area contributed by atoms with Crippen molar-refractivity contribution >= 4 is 24.0 Å². The molecule has 0 radical (unpaired) electrons. The maximum absolute atomic E-state index is 12.4. The lowest BCUT2D eigenvalue weighted by molar-refractivity contribution is 0.0932. The molecule has 22 heavy (non-hydrogen) atoms. The number of amides is 1. The van der Waals surface area contributed by atoms with Gasteiger partial charge in [-0.3, -0.25) is 9.48 Å². The topological polar surface area (TPSA) is 72.9 Å². The Bertz CT molecular complexity index is 695. The van der Waals surface area contributed by atoms with Crippen molar-refractivity contribution in [1.82, 2.24) is 15.1 Å². The van der Waals surface area contributed by atoms with Crippen LogP contribution in [-0.4, -0.2) is 15.7 Å². The van der Waals surface area contributed by atoms with E-state index in [1.165, 1.54) is 11.1 Å². The molecule has 1 aliphatic rings. The number of aryl methyl sites for hydroxylation is 3. The normalized spacial score (nSPS) is 16.5. The number of nitrogens with two attached hydrogens (primary N) is 1. The third-order valence-corrected chi connectivity index (χ3v) is 4.04. The van der Waals surface area contributed by atoms with E-state index in [9.17, 15) is 4.79 Å². The number of aromatic nitrogens is 2. The van der Waals surface area contributed by atoms with Gasteiger partial charge in [0, 0.05) is 18.9 Å². The second-order valence-electron chi connectivity index (χ2n) is 5.68. The van der Waals surface area contributed by atoms with Crippen LogP contribution in [0.1, 0.15) is 46.1 Å². The number of nitrogens with zero attached hydrogens (tertiary/aromatic N) is 2. The molecule has 2 aromatic rings. The number of hydrogen-bond acceptors (Lipinski definition) is 3. The fourth-order valence-corrected chi connectivity index (χ4v) is 3.04. The van der Waals surface area contributed by atoms with E-state index in [2.05, 4.69) is 10.4 Å². The monoisotopic (exact) mass is 320 g/mol. The van der Waals surface area contributed by atoms with Gasteiger partial charge in [0.2, 0.25) is 0 Å². The zero-order chi connectivity index (χ0) is 15.0. The van der Waals surface area contributed by atoms with Gasteiger partial charge in [0.15, 0.2) is 0 Å². The lowest BCUT2D eigenvalue weighted by Gasteiger charge is -2.26. The molecule has 1 heterocycles. The first-order valence-corrected chi connectivity index (χ1v) is 7.24. The minimum atomic E-state index is -0.0599. The Labute approximate surface area is 136 Å². The van der Waals surface area contributed by atoms with E-state index in [1.807, 2.05) is 32.2 Å². The van der Waals surface area contributed by atoms with Crippen molar-refractivity contribution in [1.29, 1.82) is 0 Å². The van der Waals surface area contributed by atoms with Gasteiger partial charge in [0.25, 0.3) is 5.91 Å². The van der Waals surface area contributed by atoms with E-state index >= 15 is 0 Å². The SMILES string of the molecule is Cc1nn(C)cc1C(=O)NC1CCCc2cc(N)ccc21.Cl. The molecule has 1 atom stereocenters. The molecular formula is C16H21ClN4O. The van der Waals surface area contributed by atoms with E-state index in [1.54, 1.807) is 10.9 Å². The smallest absolute Gasteiger partial charge is 0.255 e. The second kappa shape index (κ2) is 6.40. The molecule has 0 bridgehead atoms. The van der Waals surface area contributed by atoms with Crippen LogP contribution in [0.3, 0.4) is 0 Å². The second-order valence-corrected chi connectivity index (χ2v) is 5.68. The van der Waals surface area contributed by atoms with E-state index in [-0.39, 0.29) is 24.4 Å². The van der Waals surface area contributed by atoms with Crippen molar-refractivity contribution in [2.75, 3.05) is 5.73 Å². The highest BCUT2D eigenvalue weighted by atomic mass is 35.5. The molecule has 1 aliphatic carbocycles. The number of fused-ring (bicyclic) bond motifs is 1. The molecule has 6 heteroatoms. The molecule has 3 N–H and O–H groups in total. The number of carbonyl (C=O) groups is 1. The Hall–Kier alpha value is -2.01. The Balaban J connectivity index is 0.00000176. The molecule has 5 nitrogen and oxygen atoms in total. The van der Waals surface area contributed by atoms with Crippen molar-refractivity contribution in [3.63, 3.8) is 0 Å². The first kappa shape index (κ1) is 16.4. The predicted molar refractivity (Wildman–Crippen MR) is 89.2 cm³/mol. The van der Waals surface area contributed by atoms with Gasteiger partial charge in [-0.15, -0.1) is 12.4 Å². The van der Waals surface area contributed by atoms with E-state index < -0.39 is 0 Å². The van der Waals surface area contributed by atoms with Crippen molar-refractivity contribution in [2.45, 2.75) is 32.2 Å². The third-order valence-electron chi connectivity index (χ3n) is 4.04. The summed E-state index contributed by atoms with van der Waals surface area (Å²) in [4.78, 5) is 12.4. The first-order chi connectivity index (χ1) is 10.0. The molecule has 0 saturated heterocycles. The summed E-state index contributed by atoms with van der Waals surface area (Å²) in [6.45, 7) is 1.85. The van der Waals surface area contributed by atoms with Crippen LogP contribution in [0.5, 0.6) is 0 Å². The van der Waals surface area contributed by atoms with Gasteiger partial charge in [0.05, 0.1) is 17.3 Å². The number of anilines is 1. The van der Waals surface area contributed by atoms with Crippen molar-refractivity contribution in [3.05, 3.63) is 46.8 Å². The van der Waals surface area contributed by atoms with E-state index in [0.29, 0.717) is 5.56 Å². The minimum absolute atomic E-state index is 0. The van der Waals surface area contributed by atoms with Gasteiger partial charge in [-0.1, -0.05) is 6.07 Å². The van der Waals surface area contributed by atoms with E-state index in [4.69, 9.17) is 5.73 Å². The summed E-state index contributed by atoms with van der Waals surface area (Å²) in [5.41, 5.74) is 10.4. The summed E-state index contributed by atoms with van der Waals surface area (Å²) in [5.74, 6) is -0.0599. The highest BCUT2D eigenvalue weighted by molar-refractivity contribution is 5.95. The summed E-state index contributed by atoms with van der Waals surface area (Å²) in [5, 5.41) is 7.35. The van der Waals surface area contributed by atoms with Crippen LogP contribution in [0.2, 0.25) is 0 Å². The van der Waals surface area contributed by atoms with Crippen LogP contribution in [0, 0.1) is 6.92 Å². The van der Waals surface area contributed by atoms with Gasteiger partial charge >= 0.3 is 0 Å². The summed E-state index contributed by atoms with van der Waals surface area (Å²) in [6.07, 6.45) is 4.81. The number of nitrogen functional groups attached to an aromatic ring is 1. The van der Waals surface area contributed by atoms with Crippen LogP contribution in [0.25, 0.3) is 0 Å². The zero-order valence-electron chi connectivity index (χ0n) is 12.8. The zero-order valence-corrected chi connectivity index (χ0v) is 13.6. The Kier molecular flexibility index (Phi) is 4.76. The minimum Gasteiger partial charge on any atom is -0.399 e. The Morgan fingerprint density at radius 3 is 2.91 bits per heavy atom. The average Bonchev–Trinajstić information content (AvgIpc) is 2.77. The molecule has 1 aromatic heterocycles. The molecule has 0 saturated carbocycles. The highest BCUT2D eigenvalue weighted by Crippen LogP contribution is 2.31. The largest absolute Gasteiger partial charge is 0.399 e. The number of hydrogen-bond donors (Lipinski definition) is 2. The van der Waals surface area contributed by atoms with Crippen molar-refractivity contribution in [3.8, 4) is 0 Å². The molecular weight excluding hydrogens is 300 g/mol. The summed E-state index contributed by atoms with van der Waals surface area (Å²) < 4.78 is 1.67. The van der Waals surface area contributed by atoms with Crippen LogP contribution in [-0.2, 0) is 13.5 Å². The molecule has 0 aliphatic heterocycles. The number of halogens is 1. The maximum Gasteiger partial charge on any atom is 0.255 e. The molecule has 3 rings (SSSR count). The maximum atomic E-state index is 12.4. The average molecular weight is 321 g/mol. The first-order valence-electron chi connectivity index (χ1n) is 7.24. The van der Waals surface area contributed by atoms with Gasteiger partial charge in [-0.25, -0.2) is 0 Å². The lowest BCUT2D eigenvalue weighted by atomic mass is 9.87. The fraction of sp³-hybridized carbons (Fsp3) is 0.375. The number of nitrogens with one attached hydrogen (secondary N) is 1. The van der Waals surface area contributed by atoms with Crippen LogP contribution in [0.4, 0.5) is 5.69 Å². The third kappa shape index (κ3) is 3.09. The number of benzene rings is 1. The summed E-state index contributed by atoms with van der Waals surface area (Å²) in [6, 6.07) is 6.01. The van der Waals surface area contributed by atoms with Crippen LogP contribution < -0.4 is 11.1 Å². The fourth-order valence-electron chi connectivity index (χ4n) is 3.04. The highest BCUT2D eigenvalue weighted by Gasteiger charge is 2.23. The van der Waals surface area contributed by atoms with Gasteiger partial charge in [0.1, 0.15) is 0 Å². The quantitative estimate of drug-likeness (QED) is 0.835. The van der Waals surface area contributed by atoms with Crippen molar-refractivity contribution < 1.29 is 4.79 Å². The van der Waals surface area contributed by atoms with Crippen LogP contribution in [0.15, 0.2) is 24.4 Å². The predicted octanol–water partition coefficient (Wildman–Crippen LogP) is 2.54. The Morgan fingerprint density at radius 2 is 2.23 bits per heavy atom. The lowest BCUT2D eigenvalue weighted by Crippen LogP contribution is -2.31. The molecule has 1 aromatic carbocycles. The number of rotatable bonds is 2. The molecule has 0 fully saturated rings. The van der Waals surface area contributed by atoms with Crippen molar-refractivity contribution in [2.24, 2.45) is 7.05 Å². The van der Waals surface area contributed by atoms with E-state index in [0.717, 1.165) is 30.6 Å². The standard InChI is InChI=1S/C16H20N4O.ClH/c1-10-14(9-20(2)19-10)16(21)18-15-5-3-4-11-8-12(17)6-7-13(11)15;/h6-9,15H,3-5,17H2,1-2H3,(H,18,21);1H. The molecule has 118 valence electrons. The summed E-state index contributed by atoms with van der Waals surface area (Å²) >= 11 is 0. The number of carbonyl (C=O) groups excluding carboxylic acids is 1. The van der Waals surface area contributed by atoms with Gasteiger partial charge in [-0.05, 0) is 49.4 Å². The molecule has 1 amide bonds. The summed E-state index contributed by atoms with van der Waals surface area (Å²) in [7, 11) is 1.82. The molecule has 0 spiro atoms. The van der Waals surface area contributed by atoms with Gasteiger partial charge < -0.3 is 11.1 Å². The molecule has 1 unspecified atom stereocenters. The Morgan fingerprint density at radius 1 is 1.45 bits per heavy atom. The van der Waals surface area contributed by atoms with Gasteiger partial charge in [-0.2, -0.15) is 5.10 Å². The van der Waals surface area contributed by atoms with Crippen LogP contribution >= 0.6 is 12.4 Å².